The zero-order chi connectivity index (χ0) is 22.5. The van der Waals surface area contributed by atoms with Crippen molar-refractivity contribution in [1.82, 2.24) is 21.0 Å². The van der Waals surface area contributed by atoms with E-state index in [0.717, 1.165) is 12.1 Å². The molecule has 1 aromatic rings. The fraction of sp³-hybridized carbons (Fsp3) is 0.591. The molecule has 3 unspecified atom stereocenters. The predicted octanol–water partition coefficient (Wildman–Crippen LogP) is 1.28. The van der Waals surface area contributed by atoms with Gasteiger partial charge >= 0.3 is 0 Å². The molecule has 1 aromatic carbocycles. The molecule has 1 fully saturated rings. The number of hydrogen-bond acceptors (Lipinski definition) is 5. The van der Waals surface area contributed by atoms with Gasteiger partial charge in [0.25, 0.3) is 5.91 Å². The minimum absolute atomic E-state index is 0.223. The number of para-hydroxylation sites is 1. The number of carbonyl (C=O) groups excluding carboxylic acids is 3. The van der Waals surface area contributed by atoms with E-state index in [0.29, 0.717) is 13.0 Å². The van der Waals surface area contributed by atoms with E-state index in [1.165, 1.54) is 0 Å². The van der Waals surface area contributed by atoms with Crippen molar-refractivity contribution in [3.8, 4) is 0 Å². The molecule has 0 aliphatic carbocycles. The van der Waals surface area contributed by atoms with Gasteiger partial charge in [-0.25, -0.2) is 0 Å². The van der Waals surface area contributed by atoms with Crippen molar-refractivity contribution in [2.45, 2.75) is 58.7 Å². The Kier molecular flexibility index (Phi) is 7.83. The lowest BCUT2D eigenvalue weighted by atomic mass is 9.85. The van der Waals surface area contributed by atoms with Crippen LogP contribution < -0.4 is 21.1 Å². The Labute approximate surface area is 179 Å². The highest BCUT2D eigenvalue weighted by molar-refractivity contribution is 5.94. The largest absolute Gasteiger partial charge is 0.342 e. The number of likely N-dealkylation sites (tertiary alicyclic amines) is 1. The number of carbonyl (C=O) groups is 3. The Hall–Kier alpha value is -2.61. The minimum Gasteiger partial charge on any atom is -0.342 e. The van der Waals surface area contributed by atoms with Gasteiger partial charge in [-0.3, -0.25) is 24.8 Å². The molecule has 8 heteroatoms. The molecule has 0 bridgehead atoms. The topological polar surface area (TPSA) is 93.8 Å². The fourth-order valence-electron chi connectivity index (χ4n) is 3.47. The summed E-state index contributed by atoms with van der Waals surface area (Å²) in [7, 11) is 3.47. The van der Waals surface area contributed by atoms with E-state index in [4.69, 9.17) is 0 Å². The molecule has 30 heavy (non-hydrogen) atoms. The third-order valence-corrected chi connectivity index (χ3v) is 5.49. The van der Waals surface area contributed by atoms with Crippen molar-refractivity contribution in [3.05, 3.63) is 30.3 Å². The number of nitrogens with one attached hydrogen (secondary N) is 3. The third-order valence-electron chi connectivity index (χ3n) is 5.49. The van der Waals surface area contributed by atoms with Gasteiger partial charge in [-0.05, 0) is 44.4 Å². The molecular weight excluding hydrogens is 382 g/mol. The summed E-state index contributed by atoms with van der Waals surface area (Å²) in [5, 5.41) is 7.42. The van der Waals surface area contributed by atoms with Crippen LogP contribution in [0.3, 0.4) is 0 Å². The fourth-order valence-corrected chi connectivity index (χ4v) is 3.47. The molecule has 2 rings (SSSR count). The summed E-state index contributed by atoms with van der Waals surface area (Å²) < 4.78 is 0. The maximum Gasteiger partial charge on any atom is 0.261 e. The Morgan fingerprint density at radius 1 is 1.17 bits per heavy atom. The number of nitrogens with zero attached hydrogens (tertiary/aromatic N) is 2. The lowest BCUT2D eigenvalue weighted by Crippen LogP contribution is -2.60. The van der Waals surface area contributed by atoms with Crippen molar-refractivity contribution in [1.29, 1.82) is 0 Å². The summed E-state index contributed by atoms with van der Waals surface area (Å²) in [6.07, 6.45) is 1.34. The van der Waals surface area contributed by atoms with E-state index in [2.05, 4.69) is 16.1 Å². The Bertz CT molecular complexity index is 747. The number of anilines is 1. The van der Waals surface area contributed by atoms with E-state index >= 15 is 0 Å². The van der Waals surface area contributed by atoms with Crippen LogP contribution in [0.25, 0.3) is 0 Å². The van der Waals surface area contributed by atoms with E-state index in [-0.39, 0.29) is 17.7 Å². The zero-order valence-electron chi connectivity index (χ0n) is 18.9. The molecule has 8 nitrogen and oxygen atoms in total. The molecule has 166 valence electrons. The summed E-state index contributed by atoms with van der Waals surface area (Å²) in [5.41, 5.74) is 3.23. The number of benzene rings is 1. The highest BCUT2D eigenvalue weighted by Crippen LogP contribution is 2.26. The standard InChI is InChI=1S/C22H35N5O3/c1-15(23-5)19(28)24-18(22(2,3)4)21(30)27-14-10-13-17(27)20(29)25-26(6)16-11-8-7-9-12-16/h7-9,11-12,15,17-18,23H,10,13-14H2,1-6H3,(H,24,28)(H,25,29). The highest BCUT2D eigenvalue weighted by atomic mass is 16.2. The second kappa shape index (κ2) is 9.93. The van der Waals surface area contributed by atoms with Crippen molar-refractivity contribution >= 4 is 23.4 Å². The zero-order valence-corrected chi connectivity index (χ0v) is 18.9. The van der Waals surface area contributed by atoms with Crippen LogP contribution in [0.1, 0.15) is 40.5 Å². The molecule has 1 aliphatic heterocycles. The first kappa shape index (κ1) is 23.7. The van der Waals surface area contributed by atoms with Gasteiger partial charge in [0.1, 0.15) is 12.1 Å². The molecule has 0 aromatic heterocycles. The number of amides is 3. The van der Waals surface area contributed by atoms with Crippen molar-refractivity contribution in [2.24, 2.45) is 5.41 Å². The lowest BCUT2D eigenvalue weighted by molar-refractivity contribution is -0.144. The van der Waals surface area contributed by atoms with Crippen LogP contribution in [0.2, 0.25) is 0 Å². The Morgan fingerprint density at radius 3 is 2.37 bits per heavy atom. The Morgan fingerprint density at radius 2 is 1.80 bits per heavy atom. The van der Waals surface area contributed by atoms with Crippen LogP contribution in [0, 0.1) is 5.41 Å². The van der Waals surface area contributed by atoms with Gasteiger partial charge in [0, 0.05) is 13.6 Å². The van der Waals surface area contributed by atoms with Crippen molar-refractivity contribution < 1.29 is 14.4 Å². The van der Waals surface area contributed by atoms with Gasteiger partial charge in [0.2, 0.25) is 11.8 Å². The van der Waals surface area contributed by atoms with E-state index in [1.807, 2.05) is 51.1 Å². The second-order valence-electron chi connectivity index (χ2n) is 8.88. The maximum atomic E-state index is 13.4. The van der Waals surface area contributed by atoms with Gasteiger partial charge in [0.05, 0.1) is 11.7 Å². The van der Waals surface area contributed by atoms with Crippen molar-refractivity contribution in [2.75, 3.05) is 25.6 Å². The quantitative estimate of drug-likeness (QED) is 0.581. The molecule has 3 amide bonds. The molecule has 3 atom stereocenters. The van der Waals surface area contributed by atoms with Crippen LogP contribution >= 0.6 is 0 Å². The van der Waals surface area contributed by atoms with Crippen LogP contribution in [0.5, 0.6) is 0 Å². The van der Waals surface area contributed by atoms with Crippen molar-refractivity contribution in [3.63, 3.8) is 0 Å². The highest BCUT2D eigenvalue weighted by Gasteiger charge is 2.42. The second-order valence-corrected chi connectivity index (χ2v) is 8.88. The van der Waals surface area contributed by atoms with E-state index < -0.39 is 23.5 Å². The molecule has 0 spiro atoms. The summed E-state index contributed by atoms with van der Waals surface area (Å²) in [6, 6.07) is 7.79. The van der Waals surface area contributed by atoms with Crippen LogP contribution in [0.15, 0.2) is 30.3 Å². The van der Waals surface area contributed by atoms with Gasteiger partial charge in [0.15, 0.2) is 0 Å². The Balaban J connectivity index is 2.13. The van der Waals surface area contributed by atoms with Crippen LogP contribution in [0.4, 0.5) is 5.69 Å². The first-order valence-corrected chi connectivity index (χ1v) is 10.4. The first-order chi connectivity index (χ1) is 14.1. The summed E-state index contributed by atoms with van der Waals surface area (Å²) in [6.45, 7) is 7.97. The molecule has 1 heterocycles. The summed E-state index contributed by atoms with van der Waals surface area (Å²) in [5.74, 6) is -0.691. The number of hydrazine groups is 1. The van der Waals surface area contributed by atoms with E-state index in [1.54, 1.807) is 30.9 Å². The number of rotatable bonds is 7. The molecule has 1 saturated heterocycles. The smallest absolute Gasteiger partial charge is 0.261 e. The van der Waals surface area contributed by atoms with Gasteiger partial charge in [-0.15, -0.1) is 0 Å². The lowest BCUT2D eigenvalue weighted by Gasteiger charge is -2.36. The molecule has 1 aliphatic rings. The molecular formula is C22H35N5O3. The van der Waals surface area contributed by atoms with Gasteiger partial charge in [-0.1, -0.05) is 39.0 Å². The number of likely N-dealkylation sites (N-methyl/N-ethyl adjacent to an activating group) is 1. The van der Waals surface area contributed by atoms with Crippen LogP contribution in [-0.4, -0.2) is 61.4 Å². The van der Waals surface area contributed by atoms with Gasteiger partial charge < -0.3 is 15.5 Å². The molecule has 3 N–H and O–H groups in total. The van der Waals surface area contributed by atoms with E-state index in [9.17, 15) is 14.4 Å². The SMILES string of the molecule is CNC(C)C(=O)NC(C(=O)N1CCCC1C(=O)NN(C)c1ccccc1)C(C)(C)C. The molecule has 0 radical (unpaired) electrons. The summed E-state index contributed by atoms with van der Waals surface area (Å²) >= 11 is 0. The minimum atomic E-state index is -0.721. The van der Waals surface area contributed by atoms with Crippen LogP contribution in [-0.2, 0) is 14.4 Å². The average Bonchev–Trinajstić information content (AvgIpc) is 3.20. The monoisotopic (exact) mass is 417 g/mol. The third kappa shape index (κ3) is 5.72. The first-order valence-electron chi connectivity index (χ1n) is 10.4. The normalized spacial score (nSPS) is 18.5. The number of hydrogen-bond donors (Lipinski definition) is 3. The van der Waals surface area contributed by atoms with Gasteiger partial charge in [-0.2, -0.15) is 0 Å². The summed E-state index contributed by atoms with van der Waals surface area (Å²) in [4.78, 5) is 40.4. The maximum absolute atomic E-state index is 13.4. The average molecular weight is 418 g/mol. The molecule has 0 saturated carbocycles. The predicted molar refractivity (Wildman–Crippen MR) is 118 cm³/mol.